The van der Waals surface area contributed by atoms with Gasteiger partial charge in [-0.3, -0.25) is 0 Å². The lowest BCUT2D eigenvalue weighted by Gasteiger charge is -2.09. The van der Waals surface area contributed by atoms with E-state index in [1.54, 1.807) is 18.2 Å². The molecule has 0 saturated carbocycles. The lowest BCUT2D eigenvalue weighted by molar-refractivity contribution is -0.389. The molecule has 21 heavy (non-hydrogen) atoms. The normalized spacial score (nSPS) is 10.1. The molecule has 0 spiro atoms. The predicted octanol–water partition coefficient (Wildman–Crippen LogP) is 2.05. The average Bonchev–Trinajstić information content (AvgIpc) is 2.46. The number of nitro groups is 1. The quantitative estimate of drug-likeness (QED) is 0.650. The maximum absolute atomic E-state index is 11.4. The largest absolute Gasteiger partial charge is 0.478 e. The van der Waals surface area contributed by atoms with E-state index in [2.05, 4.69) is 4.98 Å². The zero-order valence-corrected chi connectivity index (χ0v) is 10.4. The van der Waals surface area contributed by atoms with Gasteiger partial charge in [0.25, 0.3) is 0 Å². The molecule has 0 unspecified atom stereocenters. The van der Waals surface area contributed by atoms with Crippen LogP contribution >= 0.6 is 0 Å². The molecule has 0 fully saturated rings. The molecule has 0 aliphatic carbocycles. The Hall–Kier alpha value is -3.29. The minimum Gasteiger partial charge on any atom is -0.478 e. The fourth-order valence-electron chi connectivity index (χ4n) is 1.91. The number of nitrogens with zero attached hydrogens (tertiary/aromatic N) is 2. The van der Waals surface area contributed by atoms with Crippen LogP contribution in [0.2, 0.25) is 0 Å². The van der Waals surface area contributed by atoms with Gasteiger partial charge in [0, 0.05) is 5.56 Å². The first-order chi connectivity index (χ1) is 9.93. The average molecular weight is 288 g/mol. The first kappa shape index (κ1) is 14.1. The Balaban J connectivity index is 2.92. The summed E-state index contributed by atoms with van der Waals surface area (Å²) in [5.74, 6) is -3.93. The summed E-state index contributed by atoms with van der Waals surface area (Å²) in [6.07, 6.45) is 0.787. The minimum atomic E-state index is -1.61. The third-order valence-corrected chi connectivity index (χ3v) is 2.74. The van der Waals surface area contributed by atoms with E-state index in [1.165, 1.54) is 12.1 Å². The van der Waals surface area contributed by atoms with Crippen LogP contribution in [0.1, 0.15) is 20.7 Å². The van der Waals surface area contributed by atoms with Gasteiger partial charge in [0.1, 0.15) is 5.56 Å². The van der Waals surface area contributed by atoms with Crippen LogP contribution in [0.5, 0.6) is 0 Å². The number of pyridine rings is 1. The number of aromatic nitrogens is 1. The second-order valence-electron chi connectivity index (χ2n) is 3.98. The predicted molar refractivity (Wildman–Crippen MR) is 70.2 cm³/mol. The molecule has 2 N–H and O–H groups in total. The number of carboxylic acids is 2. The number of benzene rings is 1. The van der Waals surface area contributed by atoms with Gasteiger partial charge in [-0.15, -0.1) is 0 Å². The van der Waals surface area contributed by atoms with Gasteiger partial charge in [-0.1, -0.05) is 30.3 Å². The summed E-state index contributed by atoms with van der Waals surface area (Å²) in [5, 5.41) is 29.3. The zero-order chi connectivity index (χ0) is 15.6. The Kier molecular flexibility index (Phi) is 3.61. The Morgan fingerprint density at radius 3 is 2.19 bits per heavy atom. The van der Waals surface area contributed by atoms with E-state index in [1.807, 2.05) is 0 Å². The van der Waals surface area contributed by atoms with Gasteiger partial charge in [0.15, 0.2) is 11.8 Å². The van der Waals surface area contributed by atoms with Gasteiger partial charge < -0.3 is 20.3 Å². The third kappa shape index (κ3) is 2.54. The molecule has 1 heterocycles. The molecule has 8 heteroatoms. The molecule has 1 aromatic heterocycles. The lowest BCUT2D eigenvalue weighted by atomic mass is 9.96. The highest BCUT2D eigenvalue weighted by molar-refractivity contribution is 6.06. The number of hydrogen-bond donors (Lipinski definition) is 2. The molecule has 2 rings (SSSR count). The van der Waals surface area contributed by atoms with Crippen molar-refractivity contribution in [3.05, 3.63) is 57.8 Å². The number of carboxylic acid groups (broad SMARTS) is 2. The second kappa shape index (κ2) is 5.37. The van der Waals surface area contributed by atoms with Gasteiger partial charge >= 0.3 is 17.8 Å². The van der Waals surface area contributed by atoms with E-state index in [4.69, 9.17) is 5.11 Å². The van der Waals surface area contributed by atoms with E-state index in [0.29, 0.717) is 0 Å². The summed E-state index contributed by atoms with van der Waals surface area (Å²) in [6.45, 7) is 0. The van der Waals surface area contributed by atoms with Gasteiger partial charge in [-0.05, 0) is 15.5 Å². The van der Waals surface area contributed by atoms with Crippen LogP contribution < -0.4 is 0 Å². The van der Waals surface area contributed by atoms with Crippen LogP contribution in [-0.2, 0) is 0 Å². The van der Waals surface area contributed by atoms with Crippen molar-refractivity contribution in [3.63, 3.8) is 0 Å². The van der Waals surface area contributed by atoms with Crippen molar-refractivity contribution in [2.45, 2.75) is 0 Å². The molecule has 2 aromatic rings. The molecule has 0 bridgehead atoms. The molecule has 0 amide bonds. The molecule has 8 nitrogen and oxygen atoms in total. The topological polar surface area (TPSA) is 131 Å². The summed E-state index contributed by atoms with van der Waals surface area (Å²) in [4.78, 5) is 35.9. The lowest BCUT2D eigenvalue weighted by Crippen LogP contribution is -2.12. The van der Waals surface area contributed by atoms with Crippen molar-refractivity contribution in [1.29, 1.82) is 0 Å². The van der Waals surface area contributed by atoms with Crippen molar-refractivity contribution in [2.24, 2.45) is 0 Å². The van der Waals surface area contributed by atoms with Gasteiger partial charge in [-0.2, -0.15) is 0 Å². The molecule has 0 aliphatic heterocycles. The van der Waals surface area contributed by atoms with Gasteiger partial charge in [0.2, 0.25) is 0 Å². The van der Waals surface area contributed by atoms with E-state index in [0.717, 1.165) is 6.20 Å². The first-order valence-corrected chi connectivity index (χ1v) is 5.63. The number of carbonyl (C=O) groups is 2. The highest BCUT2D eigenvalue weighted by atomic mass is 16.6. The van der Waals surface area contributed by atoms with Crippen LogP contribution in [0.4, 0.5) is 5.82 Å². The van der Waals surface area contributed by atoms with Crippen LogP contribution in [-0.4, -0.2) is 32.1 Å². The third-order valence-electron chi connectivity index (χ3n) is 2.74. The van der Waals surface area contributed by atoms with Crippen LogP contribution in [0, 0.1) is 10.1 Å². The molecular formula is C13H8N2O6. The Bertz CT molecular complexity index is 742. The smallest absolute Gasteiger partial charge is 0.378 e. The summed E-state index contributed by atoms with van der Waals surface area (Å²) in [6, 6.07) is 7.73. The van der Waals surface area contributed by atoms with Crippen molar-refractivity contribution in [2.75, 3.05) is 0 Å². The maximum Gasteiger partial charge on any atom is 0.378 e. The molecule has 0 saturated heterocycles. The van der Waals surface area contributed by atoms with Crippen molar-refractivity contribution < 1.29 is 24.7 Å². The fourth-order valence-corrected chi connectivity index (χ4v) is 1.91. The Morgan fingerprint density at radius 1 is 1.10 bits per heavy atom. The number of hydrogen-bond acceptors (Lipinski definition) is 5. The minimum absolute atomic E-state index is 0.239. The van der Waals surface area contributed by atoms with Crippen molar-refractivity contribution in [1.82, 2.24) is 4.98 Å². The number of aromatic carboxylic acids is 2. The highest BCUT2D eigenvalue weighted by Gasteiger charge is 2.31. The Labute approximate surface area is 117 Å². The molecule has 0 radical (unpaired) electrons. The molecule has 0 aliphatic rings. The summed E-state index contributed by atoms with van der Waals surface area (Å²) in [7, 11) is 0. The standard InChI is InChI=1S/C13H8N2O6/c16-12(17)8-6-14-11(15(20)21)10(13(18)19)9(8)7-4-2-1-3-5-7/h1-6H,(H,16,17)(H,18,19). The van der Waals surface area contributed by atoms with E-state index < -0.39 is 33.8 Å². The summed E-state index contributed by atoms with van der Waals surface area (Å²) in [5.41, 5.74) is -1.15. The summed E-state index contributed by atoms with van der Waals surface area (Å²) >= 11 is 0. The maximum atomic E-state index is 11.4. The number of rotatable bonds is 4. The van der Waals surface area contributed by atoms with Gasteiger partial charge in [-0.25, -0.2) is 9.59 Å². The SMILES string of the molecule is O=C(O)c1cnc([N+](=O)[O-])c(C(=O)O)c1-c1ccccc1. The fraction of sp³-hybridized carbons (Fsp3) is 0. The second-order valence-corrected chi connectivity index (χ2v) is 3.98. The van der Waals surface area contributed by atoms with E-state index in [9.17, 15) is 24.8 Å². The monoisotopic (exact) mass is 288 g/mol. The molecular weight excluding hydrogens is 280 g/mol. The van der Waals surface area contributed by atoms with E-state index >= 15 is 0 Å². The summed E-state index contributed by atoms with van der Waals surface area (Å²) < 4.78 is 0. The highest BCUT2D eigenvalue weighted by Crippen LogP contribution is 2.32. The molecule has 106 valence electrons. The van der Waals surface area contributed by atoms with Gasteiger partial charge in [0.05, 0.1) is 0 Å². The first-order valence-electron chi connectivity index (χ1n) is 5.63. The van der Waals surface area contributed by atoms with Crippen LogP contribution in [0.25, 0.3) is 11.1 Å². The molecule has 1 aromatic carbocycles. The van der Waals surface area contributed by atoms with Crippen LogP contribution in [0.15, 0.2) is 36.5 Å². The van der Waals surface area contributed by atoms with E-state index in [-0.39, 0.29) is 11.1 Å². The zero-order valence-electron chi connectivity index (χ0n) is 10.4. The van der Waals surface area contributed by atoms with Crippen molar-refractivity contribution >= 4 is 17.8 Å². The van der Waals surface area contributed by atoms with Crippen molar-refractivity contribution in [3.8, 4) is 11.1 Å². The Morgan fingerprint density at radius 2 is 1.71 bits per heavy atom. The molecule has 0 atom stereocenters. The van der Waals surface area contributed by atoms with Crippen LogP contribution in [0.3, 0.4) is 0 Å².